The summed E-state index contributed by atoms with van der Waals surface area (Å²) in [6, 6.07) is 5.41. The molecular weight excluding hydrogens is 330 g/mol. The van der Waals surface area contributed by atoms with Crippen molar-refractivity contribution in [2.24, 2.45) is 11.3 Å². The Labute approximate surface area is 135 Å². The van der Waals surface area contributed by atoms with Gasteiger partial charge in [0.05, 0.1) is 11.3 Å². The van der Waals surface area contributed by atoms with Crippen molar-refractivity contribution in [1.82, 2.24) is 0 Å². The van der Waals surface area contributed by atoms with Crippen LogP contribution in [-0.2, 0) is 0 Å². The van der Waals surface area contributed by atoms with Gasteiger partial charge in [0.2, 0.25) is 0 Å². The number of benzene rings is 1. The van der Waals surface area contributed by atoms with E-state index in [-0.39, 0.29) is 0 Å². The van der Waals surface area contributed by atoms with Crippen molar-refractivity contribution in [3.63, 3.8) is 0 Å². The number of anilines is 1. The lowest BCUT2D eigenvalue weighted by molar-refractivity contribution is 0.0697. The maximum Gasteiger partial charge on any atom is 0.337 e. The molecule has 4 heteroatoms. The van der Waals surface area contributed by atoms with Crippen molar-refractivity contribution in [2.75, 3.05) is 18.0 Å². The molecular formula is C17H24BrNO2. The zero-order valence-electron chi connectivity index (χ0n) is 13.0. The smallest absolute Gasteiger partial charge is 0.337 e. The second kappa shape index (κ2) is 6.39. The molecule has 1 aromatic rings. The minimum Gasteiger partial charge on any atom is -0.478 e. The first-order valence-corrected chi connectivity index (χ1v) is 8.36. The van der Waals surface area contributed by atoms with Crippen LogP contribution in [0.4, 0.5) is 5.69 Å². The van der Waals surface area contributed by atoms with Crippen LogP contribution in [0.15, 0.2) is 22.7 Å². The van der Waals surface area contributed by atoms with Crippen molar-refractivity contribution in [2.45, 2.75) is 40.0 Å². The molecule has 1 saturated heterocycles. The molecule has 116 valence electrons. The van der Waals surface area contributed by atoms with E-state index in [0.717, 1.165) is 36.1 Å². The normalized spacial score (nSPS) is 20.2. The Kier molecular flexibility index (Phi) is 4.97. The lowest BCUT2D eigenvalue weighted by Gasteiger charge is -2.30. The highest BCUT2D eigenvalue weighted by Crippen LogP contribution is 2.36. The lowest BCUT2D eigenvalue weighted by atomic mass is 9.77. The molecule has 1 fully saturated rings. The molecule has 1 aliphatic heterocycles. The summed E-state index contributed by atoms with van der Waals surface area (Å²) in [5.41, 5.74) is 1.56. The van der Waals surface area contributed by atoms with Crippen molar-refractivity contribution in [3.05, 3.63) is 28.2 Å². The van der Waals surface area contributed by atoms with Gasteiger partial charge in [0, 0.05) is 17.6 Å². The average molecular weight is 354 g/mol. The Morgan fingerprint density at radius 2 is 2.00 bits per heavy atom. The fraction of sp³-hybridized carbons (Fsp3) is 0.588. The van der Waals surface area contributed by atoms with E-state index in [1.54, 1.807) is 12.1 Å². The zero-order chi connectivity index (χ0) is 15.6. The Balaban J connectivity index is 2.23. The van der Waals surface area contributed by atoms with Crippen molar-refractivity contribution in [1.29, 1.82) is 0 Å². The molecule has 1 aromatic carbocycles. The summed E-state index contributed by atoms with van der Waals surface area (Å²) < 4.78 is 0.930. The van der Waals surface area contributed by atoms with E-state index in [2.05, 4.69) is 41.6 Å². The highest BCUT2D eigenvalue weighted by atomic mass is 79.9. The molecule has 1 unspecified atom stereocenters. The zero-order valence-corrected chi connectivity index (χ0v) is 14.6. The molecule has 0 radical (unpaired) electrons. The van der Waals surface area contributed by atoms with Crippen LogP contribution in [0, 0.1) is 11.3 Å². The predicted octanol–water partition coefficient (Wildman–Crippen LogP) is 4.80. The van der Waals surface area contributed by atoms with Gasteiger partial charge in [-0.15, -0.1) is 0 Å². The molecule has 0 bridgehead atoms. The highest BCUT2D eigenvalue weighted by Gasteiger charge is 2.28. The van der Waals surface area contributed by atoms with E-state index < -0.39 is 5.97 Å². The van der Waals surface area contributed by atoms with Gasteiger partial charge in [-0.3, -0.25) is 0 Å². The molecule has 2 rings (SSSR count). The van der Waals surface area contributed by atoms with Crippen LogP contribution in [0.5, 0.6) is 0 Å². The van der Waals surface area contributed by atoms with Gasteiger partial charge in [0.25, 0.3) is 0 Å². The van der Waals surface area contributed by atoms with E-state index in [1.165, 1.54) is 6.42 Å². The van der Waals surface area contributed by atoms with Crippen molar-refractivity contribution in [3.8, 4) is 0 Å². The summed E-state index contributed by atoms with van der Waals surface area (Å²) in [7, 11) is 0. The number of carboxylic acids is 1. The van der Waals surface area contributed by atoms with Gasteiger partial charge in [0.15, 0.2) is 0 Å². The van der Waals surface area contributed by atoms with Crippen LogP contribution in [-0.4, -0.2) is 24.2 Å². The SMILES string of the molecule is CC(C)(C)C1CCCN(c2cc(Br)ccc2C(=O)O)CC1. The molecule has 1 atom stereocenters. The van der Waals surface area contributed by atoms with E-state index >= 15 is 0 Å². The molecule has 0 amide bonds. The standard InChI is InChI=1S/C17H24BrNO2/c1-17(2,3)12-5-4-9-19(10-8-12)15-11-13(18)6-7-14(15)16(20)21/h6-7,11-12H,4-5,8-10H2,1-3H3,(H,20,21). The number of carbonyl (C=O) groups is 1. The van der Waals surface area contributed by atoms with Gasteiger partial charge < -0.3 is 10.0 Å². The molecule has 3 nitrogen and oxygen atoms in total. The number of aromatic carboxylic acids is 1. The number of rotatable bonds is 2. The first-order valence-electron chi connectivity index (χ1n) is 7.57. The third kappa shape index (κ3) is 4.00. The summed E-state index contributed by atoms with van der Waals surface area (Å²) in [6.07, 6.45) is 3.46. The molecule has 1 heterocycles. The number of hydrogen-bond donors (Lipinski definition) is 1. The van der Waals surface area contributed by atoms with E-state index in [0.29, 0.717) is 16.9 Å². The minimum absolute atomic E-state index is 0.322. The van der Waals surface area contributed by atoms with Crippen molar-refractivity contribution < 1.29 is 9.90 Å². The van der Waals surface area contributed by atoms with Crippen LogP contribution in [0.3, 0.4) is 0 Å². The van der Waals surface area contributed by atoms with Crippen LogP contribution >= 0.6 is 15.9 Å². The minimum atomic E-state index is -0.853. The van der Waals surface area contributed by atoms with Crippen LogP contribution in [0.1, 0.15) is 50.4 Å². The number of hydrogen-bond acceptors (Lipinski definition) is 2. The molecule has 1 aliphatic rings. The van der Waals surface area contributed by atoms with Crippen LogP contribution < -0.4 is 4.90 Å². The van der Waals surface area contributed by atoms with Gasteiger partial charge in [-0.1, -0.05) is 36.7 Å². The third-order valence-corrected chi connectivity index (χ3v) is 4.98. The topological polar surface area (TPSA) is 40.5 Å². The van der Waals surface area contributed by atoms with E-state index in [9.17, 15) is 9.90 Å². The number of carboxylic acid groups (broad SMARTS) is 1. The Morgan fingerprint density at radius 1 is 1.29 bits per heavy atom. The maximum absolute atomic E-state index is 11.4. The number of halogens is 1. The van der Waals surface area contributed by atoms with E-state index in [4.69, 9.17) is 0 Å². The largest absolute Gasteiger partial charge is 0.478 e. The molecule has 21 heavy (non-hydrogen) atoms. The summed E-state index contributed by atoms with van der Waals surface area (Å²) in [6.45, 7) is 8.77. The summed E-state index contributed by atoms with van der Waals surface area (Å²) in [5, 5.41) is 9.40. The molecule has 0 saturated carbocycles. The Morgan fingerprint density at radius 3 is 2.62 bits per heavy atom. The van der Waals surface area contributed by atoms with Crippen LogP contribution in [0.25, 0.3) is 0 Å². The monoisotopic (exact) mass is 353 g/mol. The maximum atomic E-state index is 11.4. The second-order valence-corrected chi connectivity index (χ2v) is 7.86. The number of nitrogens with zero attached hydrogens (tertiary/aromatic N) is 1. The Bertz CT molecular complexity index is 522. The van der Waals surface area contributed by atoms with Gasteiger partial charge in [0.1, 0.15) is 0 Å². The predicted molar refractivity (Wildman–Crippen MR) is 90.1 cm³/mol. The van der Waals surface area contributed by atoms with Crippen molar-refractivity contribution >= 4 is 27.6 Å². The summed E-state index contributed by atoms with van der Waals surface area (Å²) >= 11 is 3.46. The van der Waals surface area contributed by atoms with Crippen LogP contribution in [0.2, 0.25) is 0 Å². The average Bonchev–Trinajstić information content (AvgIpc) is 2.63. The first-order chi connectivity index (χ1) is 9.79. The summed E-state index contributed by atoms with van der Waals surface area (Å²) in [4.78, 5) is 13.7. The van der Waals surface area contributed by atoms with Gasteiger partial charge >= 0.3 is 5.97 Å². The second-order valence-electron chi connectivity index (χ2n) is 6.95. The summed E-state index contributed by atoms with van der Waals surface area (Å²) in [5.74, 6) is -0.156. The van der Waals surface area contributed by atoms with Gasteiger partial charge in [-0.2, -0.15) is 0 Å². The Hall–Kier alpha value is -1.03. The van der Waals surface area contributed by atoms with E-state index in [1.807, 2.05) is 6.07 Å². The first kappa shape index (κ1) is 16.3. The fourth-order valence-corrected chi connectivity index (χ4v) is 3.50. The molecule has 0 spiro atoms. The third-order valence-electron chi connectivity index (χ3n) is 4.48. The lowest BCUT2D eigenvalue weighted by Crippen LogP contribution is -2.27. The molecule has 0 aromatic heterocycles. The quantitative estimate of drug-likeness (QED) is 0.829. The molecule has 1 N–H and O–H groups in total. The highest BCUT2D eigenvalue weighted by molar-refractivity contribution is 9.10. The van der Waals surface area contributed by atoms with Gasteiger partial charge in [-0.25, -0.2) is 4.79 Å². The molecule has 0 aliphatic carbocycles. The van der Waals surface area contributed by atoms with Gasteiger partial charge in [-0.05, 0) is 48.8 Å². The fourth-order valence-electron chi connectivity index (χ4n) is 3.15.